The maximum atomic E-state index is 10.4. The third-order valence-electron chi connectivity index (χ3n) is 6.83. The predicted octanol–water partition coefficient (Wildman–Crippen LogP) is 2.97. The van der Waals surface area contributed by atoms with Crippen LogP contribution in [0.1, 0.15) is 80.1 Å². The van der Waals surface area contributed by atoms with Crippen molar-refractivity contribution in [3.8, 4) is 0 Å². The van der Waals surface area contributed by atoms with E-state index in [2.05, 4.69) is 66.2 Å². The SMILES string of the molecule is C=COC=C.CC1(C)CC(N=C=O)CC(C)(CNC(=O)[O-])C1.CC1(C)CC(N=C=O)CC(C)(CNC(=O)[O-])C1. The van der Waals surface area contributed by atoms with E-state index >= 15 is 0 Å². The van der Waals surface area contributed by atoms with Crippen molar-refractivity contribution in [3.63, 3.8) is 0 Å². The largest absolute Gasteiger partial charge is 0.530 e. The summed E-state index contributed by atoms with van der Waals surface area (Å²) >= 11 is 0. The summed E-state index contributed by atoms with van der Waals surface area (Å²) < 4.78 is 4.36. The van der Waals surface area contributed by atoms with Crippen LogP contribution in [-0.2, 0) is 14.3 Å². The van der Waals surface area contributed by atoms with E-state index in [1.165, 1.54) is 12.5 Å². The van der Waals surface area contributed by atoms with Crippen molar-refractivity contribution >= 4 is 24.3 Å². The molecule has 2 amide bonds. The zero-order valence-corrected chi connectivity index (χ0v) is 24.1. The molecule has 4 atom stereocenters. The molecule has 2 fully saturated rings. The van der Waals surface area contributed by atoms with Gasteiger partial charge < -0.3 is 35.2 Å². The standard InChI is InChI=1S/2C12H20N2O3.C4H6O/c2*1-11(2)4-9(14-8-15)5-12(3,6-11)7-13-10(16)17;1-3-5-4-2/h2*9,13H,4-7H2,1-3H3,(H,16,17);3-4H,1-2H2/p-2. The summed E-state index contributed by atoms with van der Waals surface area (Å²) in [4.78, 5) is 49.2. The molecule has 220 valence electrons. The highest BCUT2D eigenvalue weighted by atomic mass is 16.5. The van der Waals surface area contributed by atoms with Crippen LogP contribution in [0.5, 0.6) is 0 Å². The zero-order chi connectivity index (χ0) is 30.3. The number of isocyanates is 2. The average molecular weight is 549 g/mol. The molecule has 11 nitrogen and oxygen atoms in total. The molecule has 0 radical (unpaired) electrons. The van der Waals surface area contributed by atoms with E-state index in [0.29, 0.717) is 25.9 Å². The molecule has 0 saturated heterocycles. The molecule has 4 unspecified atom stereocenters. The minimum atomic E-state index is -1.26. The van der Waals surface area contributed by atoms with E-state index in [-0.39, 0.29) is 33.7 Å². The average Bonchev–Trinajstić information content (AvgIpc) is 2.76. The first-order valence-corrected chi connectivity index (χ1v) is 12.9. The Morgan fingerprint density at radius 3 is 1.36 bits per heavy atom. The van der Waals surface area contributed by atoms with Crippen molar-refractivity contribution in [3.05, 3.63) is 25.7 Å². The molecule has 0 aromatic carbocycles. The molecule has 2 aliphatic carbocycles. The van der Waals surface area contributed by atoms with Gasteiger partial charge >= 0.3 is 0 Å². The van der Waals surface area contributed by atoms with Crippen LogP contribution in [0.2, 0.25) is 0 Å². The highest BCUT2D eigenvalue weighted by molar-refractivity contribution is 5.62. The number of nitrogens with zero attached hydrogens (tertiary/aromatic N) is 2. The fourth-order valence-electron chi connectivity index (χ4n) is 6.40. The molecule has 2 rings (SSSR count). The third kappa shape index (κ3) is 15.6. The Bertz CT molecular complexity index is 864. The zero-order valence-electron chi connectivity index (χ0n) is 24.1. The first-order chi connectivity index (χ1) is 17.9. The summed E-state index contributed by atoms with van der Waals surface area (Å²) in [5.74, 6) is 0. The lowest BCUT2D eigenvalue weighted by atomic mass is 9.62. The van der Waals surface area contributed by atoms with Gasteiger partial charge in [0.05, 0.1) is 24.6 Å². The van der Waals surface area contributed by atoms with Crippen molar-refractivity contribution in [2.24, 2.45) is 31.6 Å². The Labute approximate surface area is 231 Å². The van der Waals surface area contributed by atoms with Crippen LogP contribution in [-0.4, -0.2) is 49.5 Å². The smallest absolute Gasteiger partial charge is 0.235 e. The van der Waals surface area contributed by atoms with Gasteiger partial charge in [0, 0.05) is 13.1 Å². The Kier molecular flexibility index (Phi) is 14.5. The van der Waals surface area contributed by atoms with Gasteiger partial charge in [0.2, 0.25) is 12.2 Å². The van der Waals surface area contributed by atoms with Gasteiger partial charge in [0.15, 0.2) is 0 Å². The summed E-state index contributed by atoms with van der Waals surface area (Å²) in [6.07, 6.45) is 8.18. The Balaban J connectivity index is 0.000000632. The Hall–Kier alpha value is -3.42. The number of carbonyl (C=O) groups is 2. The summed E-state index contributed by atoms with van der Waals surface area (Å²) in [7, 11) is 0. The fraction of sp³-hybridized carbons (Fsp3) is 0.714. The highest BCUT2D eigenvalue weighted by Gasteiger charge is 2.42. The quantitative estimate of drug-likeness (QED) is 0.266. The molecule has 0 bridgehead atoms. The third-order valence-corrected chi connectivity index (χ3v) is 6.83. The molecule has 39 heavy (non-hydrogen) atoms. The van der Waals surface area contributed by atoms with E-state index < -0.39 is 12.2 Å². The van der Waals surface area contributed by atoms with Crippen LogP contribution in [0.3, 0.4) is 0 Å². The molecular formula is C28H44N4O7-2. The molecule has 0 aromatic rings. The molecule has 0 spiro atoms. The minimum Gasteiger partial charge on any atom is -0.530 e. The van der Waals surface area contributed by atoms with E-state index in [1.807, 2.05) is 13.8 Å². The van der Waals surface area contributed by atoms with Gasteiger partial charge in [-0.3, -0.25) is 0 Å². The van der Waals surface area contributed by atoms with Crippen LogP contribution in [0.4, 0.5) is 9.59 Å². The summed E-state index contributed by atoms with van der Waals surface area (Å²) in [6.45, 7) is 19.6. The van der Waals surface area contributed by atoms with E-state index in [4.69, 9.17) is 0 Å². The monoisotopic (exact) mass is 548 g/mol. The molecule has 2 N–H and O–H groups in total. The Morgan fingerprint density at radius 2 is 1.13 bits per heavy atom. The van der Waals surface area contributed by atoms with E-state index in [0.717, 1.165) is 25.7 Å². The van der Waals surface area contributed by atoms with Crippen LogP contribution in [0.25, 0.3) is 0 Å². The minimum absolute atomic E-state index is 0.0473. The number of hydrogen-bond donors (Lipinski definition) is 2. The van der Waals surface area contributed by atoms with Crippen molar-refractivity contribution in [2.45, 2.75) is 92.2 Å². The molecule has 2 aliphatic rings. The molecule has 0 heterocycles. The van der Waals surface area contributed by atoms with Crippen LogP contribution < -0.4 is 20.8 Å². The topological polar surface area (TPSA) is 172 Å². The number of amides is 2. The molecule has 0 aromatic heterocycles. The van der Waals surface area contributed by atoms with Gasteiger partial charge in [-0.25, -0.2) is 19.6 Å². The maximum absolute atomic E-state index is 10.4. The first-order valence-electron chi connectivity index (χ1n) is 12.9. The molecule has 0 aliphatic heterocycles. The number of nitrogens with one attached hydrogen (secondary N) is 2. The number of hydrogen-bond acceptors (Lipinski definition) is 9. The van der Waals surface area contributed by atoms with Crippen LogP contribution in [0.15, 0.2) is 35.7 Å². The first kappa shape index (κ1) is 35.6. The Morgan fingerprint density at radius 1 is 0.795 bits per heavy atom. The van der Waals surface area contributed by atoms with Crippen LogP contribution in [0, 0.1) is 21.7 Å². The normalized spacial score (nSPS) is 28.1. The number of aliphatic imine (C=N–C) groups is 2. The maximum Gasteiger partial charge on any atom is 0.235 e. The van der Waals surface area contributed by atoms with Crippen molar-refractivity contribution in [1.82, 2.24) is 10.6 Å². The highest BCUT2D eigenvalue weighted by Crippen LogP contribution is 2.47. The summed E-state index contributed by atoms with van der Waals surface area (Å²) in [5, 5.41) is 25.5. The second-order valence-corrected chi connectivity index (χ2v) is 12.6. The molecule has 2 saturated carbocycles. The lowest BCUT2D eigenvalue weighted by Gasteiger charge is -2.45. The number of carbonyl (C=O) groups excluding carboxylic acids is 4. The summed E-state index contributed by atoms with van der Waals surface area (Å²) in [6, 6.07) is -0.130. The van der Waals surface area contributed by atoms with Gasteiger partial charge in [-0.05, 0) is 60.2 Å². The number of rotatable bonds is 8. The van der Waals surface area contributed by atoms with Gasteiger partial charge in [-0.15, -0.1) is 0 Å². The van der Waals surface area contributed by atoms with Crippen molar-refractivity contribution in [2.75, 3.05) is 13.1 Å². The fourth-order valence-corrected chi connectivity index (χ4v) is 6.40. The van der Waals surface area contributed by atoms with Crippen molar-refractivity contribution in [1.29, 1.82) is 0 Å². The lowest BCUT2D eigenvalue weighted by Crippen LogP contribution is -2.47. The van der Waals surface area contributed by atoms with Gasteiger partial charge in [-0.2, -0.15) is 0 Å². The van der Waals surface area contributed by atoms with E-state index in [9.17, 15) is 29.4 Å². The second-order valence-electron chi connectivity index (χ2n) is 12.6. The van der Waals surface area contributed by atoms with Crippen molar-refractivity contribution < 1.29 is 34.1 Å². The molecular weight excluding hydrogens is 504 g/mol. The van der Waals surface area contributed by atoms with Gasteiger partial charge in [0.25, 0.3) is 0 Å². The van der Waals surface area contributed by atoms with E-state index in [1.54, 1.807) is 12.2 Å². The lowest BCUT2D eigenvalue weighted by molar-refractivity contribution is -0.252. The van der Waals surface area contributed by atoms with Crippen LogP contribution >= 0.6 is 0 Å². The predicted molar refractivity (Wildman–Crippen MR) is 144 cm³/mol. The number of carboxylic acid groups (broad SMARTS) is 2. The molecule has 11 heteroatoms. The van der Waals surface area contributed by atoms with Gasteiger partial charge in [-0.1, -0.05) is 54.7 Å². The summed E-state index contributed by atoms with van der Waals surface area (Å²) in [5.41, 5.74) is -0.281. The van der Waals surface area contributed by atoms with Gasteiger partial charge in [0.1, 0.15) is 12.2 Å². The number of ether oxygens (including phenoxy) is 1. The second kappa shape index (κ2) is 15.9.